The van der Waals surface area contributed by atoms with E-state index in [1.54, 1.807) is 18.3 Å². The van der Waals surface area contributed by atoms with Crippen LogP contribution in [-0.4, -0.2) is 35.1 Å². The molecule has 94 valence electrons. The monoisotopic (exact) mass is 247 g/mol. The molecule has 2 aromatic rings. The summed E-state index contributed by atoms with van der Waals surface area (Å²) in [4.78, 5) is 25.8. The molecule has 6 heteroatoms. The quantitative estimate of drug-likeness (QED) is 0.584. The molecule has 0 aliphatic heterocycles. The molecular formula is C12H13N3O3. The summed E-state index contributed by atoms with van der Waals surface area (Å²) in [7, 11) is 0. The minimum absolute atomic E-state index is 0.0586. The van der Waals surface area contributed by atoms with Crippen LogP contribution in [0.15, 0.2) is 30.5 Å². The fraction of sp³-hybridized carbons (Fsp3) is 0.167. The average molecular weight is 247 g/mol. The third kappa shape index (κ3) is 2.67. The molecule has 2 amide bonds. The molecule has 0 radical (unpaired) electrons. The molecule has 0 saturated carbocycles. The highest BCUT2D eigenvalue weighted by molar-refractivity contribution is 6.39. The van der Waals surface area contributed by atoms with Crippen molar-refractivity contribution in [3.05, 3.63) is 30.5 Å². The number of nitrogens with one attached hydrogen (secondary N) is 3. The van der Waals surface area contributed by atoms with Crippen molar-refractivity contribution in [1.82, 2.24) is 10.3 Å². The van der Waals surface area contributed by atoms with E-state index in [0.717, 1.165) is 10.9 Å². The van der Waals surface area contributed by atoms with Crippen LogP contribution >= 0.6 is 0 Å². The van der Waals surface area contributed by atoms with Gasteiger partial charge in [-0.05, 0) is 24.3 Å². The fourth-order valence-corrected chi connectivity index (χ4v) is 1.57. The van der Waals surface area contributed by atoms with Gasteiger partial charge in [0.2, 0.25) is 0 Å². The smallest absolute Gasteiger partial charge is 0.313 e. The van der Waals surface area contributed by atoms with E-state index in [0.29, 0.717) is 5.69 Å². The summed E-state index contributed by atoms with van der Waals surface area (Å²) >= 11 is 0. The molecule has 0 fully saturated rings. The molecule has 18 heavy (non-hydrogen) atoms. The Morgan fingerprint density at radius 3 is 2.83 bits per heavy atom. The molecular weight excluding hydrogens is 234 g/mol. The van der Waals surface area contributed by atoms with E-state index in [1.165, 1.54) is 0 Å². The maximum absolute atomic E-state index is 11.5. The second-order valence-corrected chi connectivity index (χ2v) is 3.71. The topological polar surface area (TPSA) is 94.2 Å². The molecule has 0 atom stereocenters. The van der Waals surface area contributed by atoms with Gasteiger partial charge in [-0.1, -0.05) is 0 Å². The van der Waals surface area contributed by atoms with Crippen LogP contribution in [0.1, 0.15) is 0 Å². The van der Waals surface area contributed by atoms with Crippen molar-refractivity contribution in [1.29, 1.82) is 0 Å². The first-order valence-corrected chi connectivity index (χ1v) is 5.48. The van der Waals surface area contributed by atoms with Gasteiger partial charge in [0.25, 0.3) is 0 Å². The highest BCUT2D eigenvalue weighted by Gasteiger charge is 2.12. The lowest BCUT2D eigenvalue weighted by molar-refractivity contribution is -0.136. The summed E-state index contributed by atoms with van der Waals surface area (Å²) in [6.07, 6.45) is 1.80. The van der Waals surface area contributed by atoms with Gasteiger partial charge in [0.15, 0.2) is 0 Å². The van der Waals surface area contributed by atoms with Crippen molar-refractivity contribution in [2.75, 3.05) is 18.5 Å². The molecule has 0 aliphatic carbocycles. The maximum Gasteiger partial charge on any atom is 0.313 e. The summed E-state index contributed by atoms with van der Waals surface area (Å²) in [6, 6.07) is 7.16. The minimum atomic E-state index is -0.766. The summed E-state index contributed by atoms with van der Waals surface area (Å²) < 4.78 is 0. The lowest BCUT2D eigenvalue weighted by Crippen LogP contribution is -2.36. The number of amides is 2. The molecule has 0 saturated heterocycles. The largest absolute Gasteiger partial charge is 0.395 e. The van der Waals surface area contributed by atoms with Crippen LogP contribution in [0.25, 0.3) is 10.9 Å². The van der Waals surface area contributed by atoms with Gasteiger partial charge in [0.05, 0.1) is 6.61 Å². The number of rotatable bonds is 3. The van der Waals surface area contributed by atoms with Crippen molar-refractivity contribution < 1.29 is 14.7 Å². The molecule has 0 bridgehead atoms. The predicted octanol–water partition coefficient (Wildman–Crippen LogP) is 0.215. The van der Waals surface area contributed by atoms with Crippen LogP contribution in [0.4, 0.5) is 5.69 Å². The van der Waals surface area contributed by atoms with Gasteiger partial charge in [-0.3, -0.25) is 9.59 Å². The first-order chi connectivity index (χ1) is 8.70. The average Bonchev–Trinajstić information content (AvgIpc) is 2.83. The fourth-order valence-electron chi connectivity index (χ4n) is 1.57. The Bertz CT molecular complexity index is 577. The lowest BCUT2D eigenvalue weighted by Gasteiger charge is -2.05. The third-order valence-corrected chi connectivity index (χ3v) is 2.41. The number of hydrogen-bond acceptors (Lipinski definition) is 3. The zero-order valence-corrected chi connectivity index (χ0v) is 9.56. The van der Waals surface area contributed by atoms with Gasteiger partial charge in [-0.15, -0.1) is 0 Å². The van der Waals surface area contributed by atoms with Crippen molar-refractivity contribution >= 4 is 28.4 Å². The van der Waals surface area contributed by atoms with Crippen LogP contribution in [0.2, 0.25) is 0 Å². The van der Waals surface area contributed by atoms with Gasteiger partial charge in [0, 0.05) is 29.3 Å². The van der Waals surface area contributed by atoms with E-state index in [-0.39, 0.29) is 13.2 Å². The number of carbonyl (C=O) groups excluding carboxylic acids is 2. The number of anilines is 1. The van der Waals surface area contributed by atoms with Gasteiger partial charge >= 0.3 is 11.8 Å². The second-order valence-electron chi connectivity index (χ2n) is 3.71. The Hall–Kier alpha value is -2.34. The second kappa shape index (κ2) is 5.33. The molecule has 2 rings (SSSR count). The minimum Gasteiger partial charge on any atom is -0.395 e. The summed E-state index contributed by atoms with van der Waals surface area (Å²) in [6.45, 7) is -0.141. The van der Waals surface area contributed by atoms with Crippen LogP contribution in [0, 0.1) is 0 Å². The van der Waals surface area contributed by atoms with Crippen LogP contribution in [0.3, 0.4) is 0 Å². The lowest BCUT2D eigenvalue weighted by atomic mass is 10.2. The predicted molar refractivity (Wildman–Crippen MR) is 67.0 cm³/mol. The highest BCUT2D eigenvalue weighted by Crippen LogP contribution is 2.17. The van der Waals surface area contributed by atoms with E-state index in [1.807, 2.05) is 12.1 Å². The van der Waals surface area contributed by atoms with Crippen molar-refractivity contribution in [2.45, 2.75) is 0 Å². The van der Waals surface area contributed by atoms with E-state index in [2.05, 4.69) is 15.6 Å². The van der Waals surface area contributed by atoms with Crippen LogP contribution in [-0.2, 0) is 9.59 Å². The molecule has 4 N–H and O–H groups in total. The van der Waals surface area contributed by atoms with Gasteiger partial charge in [-0.2, -0.15) is 0 Å². The zero-order chi connectivity index (χ0) is 13.0. The SMILES string of the molecule is O=C(NCCO)C(=O)Nc1ccc2[nH]ccc2c1. The first-order valence-electron chi connectivity index (χ1n) is 5.48. The molecule has 1 aromatic carbocycles. The Morgan fingerprint density at radius 1 is 1.22 bits per heavy atom. The number of hydrogen-bond donors (Lipinski definition) is 4. The molecule has 1 heterocycles. The number of fused-ring (bicyclic) bond motifs is 1. The normalized spacial score (nSPS) is 10.3. The Balaban J connectivity index is 2.04. The number of carbonyl (C=O) groups is 2. The van der Waals surface area contributed by atoms with E-state index >= 15 is 0 Å². The zero-order valence-electron chi connectivity index (χ0n) is 9.56. The van der Waals surface area contributed by atoms with E-state index < -0.39 is 11.8 Å². The van der Waals surface area contributed by atoms with Gasteiger partial charge in [0.1, 0.15) is 0 Å². The maximum atomic E-state index is 11.5. The molecule has 0 aliphatic rings. The highest BCUT2D eigenvalue weighted by atomic mass is 16.3. The summed E-state index contributed by atoms with van der Waals surface area (Å²) in [5.74, 6) is -1.52. The molecule has 6 nitrogen and oxygen atoms in total. The Labute approximate surface area is 103 Å². The molecule has 1 aromatic heterocycles. The molecule has 0 unspecified atom stereocenters. The molecule has 0 spiro atoms. The van der Waals surface area contributed by atoms with E-state index in [4.69, 9.17) is 5.11 Å². The number of H-pyrrole nitrogens is 1. The van der Waals surface area contributed by atoms with Crippen molar-refractivity contribution in [3.63, 3.8) is 0 Å². The Kier molecular flexibility index (Phi) is 3.59. The number of aliphatic hydroxyl groups excluding tert-OH is 1. The Morgan fingerprint density at radius 2 is 2.06 bits per heavy atom. The van der Waals surface area contributed by atoms with Crippen LogP contribution in [0.5, 0.6) is 0 Å². The first kappa shape index (κ1) is 12.1. The van der Waals surface area contributed by atoms with Gasteiger partial charge < -0.3 is 20.7 Å². The van der Waals surface area contributed by atoms with E-state index in [9.17, 15) is 9.59 Å². The van der Waals surface area contributed by atoms with Crippen molar-refractivity contribution in [2.24, 2.45) is 0 Å². The number of aromatic nitrogens is 1. The van der Waals surface area contributed by atoms with Gasteiger partial charge in [-0.25, -0.2) is 0 Å². The number of aromatic amines is 1. The van der Waals surface area contributed by atoms with Crippen molar-refractivity contribution in [3.8, 4) is 0 Å². The summed E-state index contributed by atoms with van der Waals surface area (Å²) in [5.41, 5.74) is 1.50. The summed E-state index contributed by atoms with van der Waals surface area (Å²) in [5, 5.41) is 14.2. The number of aliphatic hydroxyl groups is 1. The number of benzene rings is 1. The third-order valence-electron chi connectivity index (χ3n) is 2.41. The standard InChI is InChI=1S/C12H13N3O3/c16-6-5-14-11(17)12(18)15-9-1-2-10-8(7-9)3-4-13-10/h1-4,7,13,16H,5-6H2,(H,14,17)(H,15,18). The van der Waals surface area contributed by atoms with Crippen LogP contribution < -0.4 is 10.6 Å².